The fraction of sp³-hybridized carbons (Fsp3) is 0.0625. The Morgan fingerprint density at radius 1 is 1.14 bits per heavy atom. The molecular weight excluding hydrogens is 296 g/mol. The molecule has 0 saturated heterocycles. The summed E-state index contributed by atoms with van der Waals surface area (Å²) >= 11 is 1.48. The highest BCUT2D eigenvalue weighted by atomic mass is 32.2. The molecule has 2 aromatic heterocycles. The first-order valence-corrected chi connectivity index (χ1v) is 7.90. The highest BCUT2D eigenvalue weighted by Gasteiger charge is 2.14. The molecule has 22 heavy (non-hydrogen) atoms. The van der Waals surface area contributed by atoms with Crippen molar-refractivity contribution in [2.24, 2.45) is 5.10 Å². The summed E-state index contributed by atoms with van der Waals surface area (Å²) in [5.74, 6) is 1.22. The summed E-state index contributed by atoms with van der Waals surface area (Å²) in [7, 11) is 0. The second kappa shape index (κ2) is 6.91. The maximum atomic E-state index is 5.37. The first kappa shape index (κ1) is 14.3. The predicted octanol–water partition coefficient (Wildman–Crippen LogP) is 3.81. The maximum Gasteiger partial charge on any atom is 0.221 e. The standard InChI is InChI=1S/C16H14N4OS/c1-22-16-19-18-15(14-10-6-12-21-14)20(16)17-11-5-9-13-7-3-2-4-8-13/h2-12H,1H3/b9-5+,17-11+. The van der Waals surface area contributed by atoms with Crippen molar-refractivity contribution in [3.05, 3.63) is 60.4 Å². The fourth-order valence-electron chi connectivity index (χ4n) is 1.88. The molecule has 0 saturated carbocycles. The van der Waals surface area contributed by atoms with E-state index in [1.165, 1.54) is 11.8 Å². The molecule has 2 heterocycles. The summed E-state index contributed by atoms with van der Waals surface area (Å²) in [5, 5.41) is 13.3. The normalized spacial score (nSPS) is 11.7. The van der Waals surface area contributed by atoms with E-state index >= 15 is 0 Å². The molecule has 0 unspecified atom stereocenters. The second-order valence-corrected chi connectivity index (χ2v) is 5.11. The van der Waals surface area contributed by atoms with Crippen molar-refractivity contribution in [1.29, 1.82) is 0 Å². The summed E-state index contributed by atoms with van der Waals surface area (Å²) in [6.07, 6.45) is 9.11. The third-order valence-corrected chi connectivity index (χ3v) is 3.51. The summed E-state index contributed by atoms with van der Waals surface area (Å²) in [6, 6.07) is 13.7. The highest BCUT2D eigenvalue weighted by molar-refractivity contribution is 7.98. The van der Waals surface area contributed by atoms with Crippen LogP contribution in [0.2, 0.25) is 0 Å². The van der Waals surface area contributed by atoms with E-state index in [0.29, 0.717) is 16.7 Å². The molecule has 0 N–H and O–H groups in total. The number of aromatic nitrogens is 3. The first-order valence-electron chi connectivity index (χ1n) is 6.68. The van der Waals surface area contributed by atoms with Gasteiger partial charge < -0.3 is 4.42 Å². The van der Waals surface area contributed by atoms with Crippen LogP contribution in [0.1, 0.15) is 5.56 Å². The van der Waals surface area contributed by atoms with Crippen molar-refractivity contribution in [2.45, 2.75) is 5.16 Å². The zero-order valence-corrected chi connectivity index (χ0v) is 12.8. The Bertz CT molecular complexity index is 776. The molecule has 0 aliphatic heterocycles. The van der Waals surface area contributed by atoms with E-state index in [1.807, 2.05) is 60.9 Å². The van der Waals surface area contributed by atoms with Gasteiger partial charge in [-0.2, -0.15) is 9.78 Å². The molecule has 0 aliphatic rings. The lowest BCUT2D eigenvalue weighted by Crippen LogP contribution is -1.94. The Morgan fingerprint density at radius 2 is 2.00 bits per heavy atom. The van der Waals surface area contributed by atoms with Gasteiger partial charge in [-0.15, -0.1) is 10.2 Å². The Labute approximate surface area is 132 Å². The second-order valence-electron chi connectivity index (χ2n) is 4.33. The SMILES string of the molecule is CSc1nnc(-c2ccco2)n1/N=C/C=C/c1ccccc1. The predicted molar refractivity (Wildman–Crippen MR) is 88.9 cm³/mol. The average Bonchev–Trinajstić information content (AvgIpc) is 3.21. The minimum absolute atomic E-state index is 0.582. The number of hydrogen-bond acceptors (Lipinski definition) is 5. The molecule has 0 aliphatic carbocycles. The van der Waals surface area contributed by atoms with E-state index < -0.39 is 0 Å². The lowest BCUT2D eigenvalue weighted by molar-refractivity contribution is 0.571. The number of benzene rings is 1. The van der Waals surface area contributed by atoms with Crippen LogP contribution >= 0.6 is 11.8 Å². The van der Waals surface area contributed by atoms with Crippen LogP contribution in [-0.2, 0) is 0 Å². The average molecular weight is 310 g/mol. The van der Waals surface area contributed by atoms with Crippen molar-refractivity contribution < 1.29 is 4.42 Å². The van der Waals surface area contributed by atoms with Crippen LogP contribution in [0, 0.1) is 0 Å². The summed E-state index contributed by atoms with van der Waals surface area (Å²) in [6.45, 7) is 0. The largest absolute Gasteiger partial charge is 0.461 e. The molecule has 0 radical (unpaired) electrons. The van der Waals surface area contributed by atoms with Crippen molar-refractivity contribution in [3.8, 4) is 11.6 Å². The maximum absolute atomic E-state index is 5.37. The van der Waals surface area contributed by atoms with Crippen LogP contribution in [0.25, 0.3) is 17.7 Å². The number of furan rings is 1. The third-order valence-electron chi connectivity index (χ3n) is 2.89. The Kier molecular flexibility index (Phi) is 4.50. The van der Waals surface area contributed by atoms with Gasteiger partial charge in [-0.1, -0.05) is 48.2 Å². The fourth-order valence-corrected chi connectivity index (χ4v) is 2.31. The van der Waals surface area contributed by atoms with Gasteiger partial charge in [0.05, 0.1) is 6.26 Å². The smallest absolute Gasteiger partial charge is 0.221 e. The molecular formula is C16H14N4OS. The number of hydrogen-bond donors (Lipinski definition) is 0. The van der Waals surface area contributed by atoms with Gasteiger partial charge in [0.2, 0.25) is 11.0 Å². The first-order chi connectivity index (χ1) is 10.9. The molecule has 0 bridgehead atoms. The Balaban J connectivity index is 1.84. The van der Waals surface area contributed by atoms with Gasteiger partial charge in [0.1, 0.15) is 0 Å². The molecule has 0 amide bonds. The monoisotopic (exact) mass is 310 g/mol. The molecule has 3 aromatic rings. The molecule has 0 fully saturated rings. The van der Waals surface area contributed by atoms with Gasteiger partial charge in [0.15, 0.2) is 5.76 Å². The van der Waals surface area contributed by atoms with Crippen molar-refractivity contribution in [2.75, 3.05) is 6.26 Å². The molecule has 6 heteroatoms. The van der Waals surface area contributed by atoms with Crippen LogP contribution in [0.4, 0.5) is 0 Å². The minimum atomic E-state index is 0.582. The lowest BCUT2D eigenvalue weighted by Gasteiger charge is -1.99. The lowest BCUT2D eigenvalue weighted by atomic mass is 10.2. The van der Waals surface area contributed by atoms with Crippen molar-refractivity contribution >= 4 is 24.1 Å². The zero-order chi connectivity index (χ0) is 15.2. The molecule has 3 rings (SSSR count). The molecule has 110 valence electrons. The minimum Gasteiger partial charge on any atom is -0.461 e. The van der Waals surface area contributed by atoms with Crippen molar-refractivity contribution in [3.63, 3.8) is 0 Å². The molecule has 1 aromatic carbocycles. The van der Waals surface area contributed by atoms with Crippen LogP contribution in [0.15, 0.2) is 69.5 Å². The molecule has 0 atom stereocenters. The van der Waals surface area contributed by atoms with E-state index in [9.17, 15) is 0 Å². The Hall–Kier alpha value is -2.60. The Morgan fingerprint density at radius 3 is 2.73 bits per heavy atom. The van der Waals surface area contributed by atoms with Crippen LogP contribution in [0.5, 0.6) is 0 Å². The van der Waals surface area contributed by atoms with Crippen molar-refractivity contribution in [1.82, 2.24) is 14.9 Å². The van der Waals surface area contributed by atoms with E-state index in [-0.39, 0.29) is 0 Å². The summed E-state index contributed by atoms with van der Waals surface area (Å²) in [5.41, 5.74) is 1.12. The van der Waals surface area contributed by atoms with E-state index in [2.05, 4.69) is 15.3 Å². The van der Waals surface area contributed by atoms with Crippen LogP contribution in [0.3, 0.4) is 0 Å². The van der Waals surface area contributed by atoms with Crippen LogP contribution < -0.4 is 0 Å². The van der Waals surface area contributed by atoms with E-state index in [4.69, 9.17) is 4.42 Å². The van der Waals surface area contributed by atoms with Gasteiger partial charge >= 0.3 is 0 Å². The number of rotatable bonds is 5. The third kappa shape index (κ3) is 3.17. The summed E-state index contributed by atoms with van der Waals surface area (Å²) < 4.78 is 7.03. The number of allylic oxidation sites excluding steroid dienone is 1. The topological polar surface area (TPSA) is 56.2 Å². The van der Waals surface area contributed by atoms with Gasteiger partial charge in [0, 0.05) is 6.21 Å². The highest BCUT2D eigenvalue weighted by Crippen LogP contribution is 2.22. The van der Waals surface area contributed by atoms with Gasteiger partial charge in [-0.05, 0) is 30.0 Å². The van der Waals surface area contributed by atoms with E-state index in [1.54, 1.807) is 17.2 Å². The number of thioether (sulfide) groups is 1. The van der Waals surface area contributed by atoms with Gasteiger partial charge in [0.25, 0.3) is 0 Å². The van der Waals surface area contributed by atoms with Crippen LogP contribution in [-0.4, -0.2) is 27.3 Å². The zero-order valence-electron chi connectivity index (χ0n) is 12.0. The van der Waals surface area contributed by atoms with Gasteiger partial charge in [-0.25, -0.2) is 0 Å². The van der Waals surface area contributed by atoms with E-state index in [0.717, 1.165) is 5.56 Å². The number of nitrogens with zero attached hydrogens (tertiary/aromatic N) is 4. The molecule has 5 nitrogen and oxygen atoms in total. The quantitative estimate of drug-likeness (QED) is 0.531. The van der Waals surface area contributed by atoms with Gasteiger partial charge in [-0.3, -0.25) is 0 Å². The molecule has 0 spiro atoms. The summed E-state index contributed by atoms with van der Waals surface area (Å²) in [4.78, 5) is 0.